The Kier molecular flexibility index (Phi) is 4.83. The van der Waals surface area contributed by atoms with Gasteiger partial charge in [-0.05, 0) is 66.1 Å². The third-order valence-electron chi connectivity index (χ3n) is 7.41. The summed E-state index contributed by atoms with van der Waals surface area (Å²) in [6, 6.07) is 22.0. The van der Waals surface area contributed by atoms with Crippen molar-refractivity contribution in [3.05, 3.63) is 101 Å². The van der Waals surface area contributed by atoms with Crippen LogP contribution in [0.3, 0.4) is 0 Å². The van der Waals surface area contributed by atoms with Gasteiger partial charge in [-0.3, -0.25) is 4.90 Å². The van der Waals surface area contributed by atoms with E-state index in [1.165, 1.54) is 28.3 Å². The zero-order valence-electron chi connectivity index (χ0n) is 18.6. The van der Waals surface area contributed by atoms with Gasteiger partial charge in [-0.15, -0.1) is 0 Å². The van der Waals surface area contributed by atoms with Gasteiger partial charge in [-0.1, -0.05) is 66.2 Å². The molecule has 4 heteroatoms. The van der Waals surface area contributed by atoms with Gasteiger partial charge in [0.2, 0.25) is 0 Å². The molecule has 33 heavy (non-hydrogen) atoms. The molecule has 1 aliphatic carbocycles. The number of amides is 1. The lowest BCUT2D eigenvalue weighted by molar-refractivity contribution is 0.0866. The maximum Gasteiger partial charge on any atom is 0.410 e. The molecule has 0 spiro atoms. The molecule has 3 aromatic carbocycles. The van der Waals surface area contributed by atoms with E-state index >= 15 is 0 Å². The van der Waals surface area contributed by atoms with E-state index in [0.717, 1.165) is 24.0 Å². The molecule has 2 unspecified atom stereocenters. The number of benzene rings is 3. The Morgan fingerprint density at radius 1 is 0.970 bits per heavy atom. The van der Waals surface area contributed by atoms with Gasteiger partial charge in [-0.25, -0.2) is 9.18 Å². The smallest absolute Gasteiger partial charge is 0.410 e. The summed E-state index contributed by atoms with van der Waals surface area (Å²) in [7, 11) is 0. The van der Waals surface area contributed by atoms with Crippen molar-refractivity contribution < 1.29 is 13.9 Å². The SMILES string of the molecule is Cc1ccc(F)c(C2=CC3CCC(C2)N3C(=O)OCC2c3ccccc3-c3ccccc32)c1. The molecule has 166 valence electrons. The number of ether oxygens (including phenoxy) is 1. The Bertz CT molecular complexity index is 1230. The van der Waals surface area contributed by atoms with Gasteiger partial charge < -0.3 is 4.74 Å². The first-order valence-electron chi connectivity index (χ1n) is 11.7. The quantitative estimate of drug-likeness (QED) is 0.454. The molecule has 3 aliphatic rings. The molecule has 2 aliphatic heterocycles. The Labute approximate surface area is 193 Å². The standard InChI is InChI=1S/C29H26FNO2/c1-18-10-13-28(30)26(14-18)19-15-20-11-12-21(16-19)31(20)29(32)33-17-27-24-8-4-2-6-22(24)23-7-3-5-9-25(23)27/h2-10,13-15,20-21,27H,11-12,16-17H2,1H3. The fourth-order valence-corrected chi connectivity index (χ4v) is 5.87. The lowest BCUT2D eigenvalue weighted by Gasteiger charge is -2.33. The van der Waals surface area contributed by atoms with E-state index in [-0.39, 0.29) is 29.9 Å². The molecule has 2 bridgehead atoms. The molecular formula is C29H26FNO2. The van der Waals surface area contributed by atoms with E-state index in [2.05, 4.69) is 42.5 Å². The lowest BCUT2D eigenvalue weighted by Crippen LogP contribution is -2.43. The van der Waals surface area contributed by atoms with Gasteiger partial charge in [0.25, 0.3) is 0 Å². The van der Waals surface area contributed by atoms with Crippen LogP contribution in [-0.2, 0) is 4.74 Å². The average molecular weight is 440 g/mol. The van der Waals surface area contributed by atoms with Crippen molar-refractivity contribution in [2.75, 3.05) is 6.61 Å². The maximum atomic E-state index is 14.5. The molecule has 1 fully saturated rings. The summed E-state index contributed by atoms with van der Waals surface area (Å²) >= 11 is 0. The summed E-state index contributed by atoms with van der Waals surface area (Å²) in [5, 5.41) is 0. The summed E-state index contributed by atoms with van der Waals surface area (Å²) in [5.41, 5.74) is 7.58. The van der Waals surface area contributed by atoms with E-state index in [1.807, 2.05) is 30.0 Å². The molecule has 1 saturated heterocycles. The van der Waals surface area contributed by atoms with E-state index in [4.69, 9.17) is 4.74 Å². The third-order valence-corrected chi connectivity index (χ3v) is 7.41. The Hall–Kier alpha value is -3.40. The molecule has 0 radical (unpaired) electrons. The molecule has 6 rings (SSSR count). The monoisotopic (exact) mass is 439 g/mol. The van der Waals surface area contributed by atoms with Gasteiger partial charge in [0.15, 0.2) is 0 Å². The number of carbonyl (C=O) groups is 1. The Morgan fingerprint density at radius 3 is 2.36 bits per heavy atom. The van der Waals surface area contributed by atoms with Crippen LogP contribution in [0.5, 0.6) is 0 Å². The molecule has 2 heterocycles. The summed E-state index contributed by atoms with van der Waals surface area (Å²) in [6.45, 7) is 2.30. The third kappa shape index (κ3) is 3.36. The van der Waals surface area contributed by atoms with Crippen LogP contribution < -0.4 is 0 Å². The van der Waals surface area contributed by atoms with Gasteiger partial charge in [-0.2, -0.15) is 0 Å². The number of hydrogen-bond acceptors (Lipinski definition) is 2. The Morgan fingerprint density at radius 2 is 1.67 bits per heavy atom. The minimum absolute atomic E-state index is 0.0330. The fourth-order valence-electron chi connectivity index (χ4n) is 5.87. The van der Waals surface area contributed by atoms with Crippen molar-refractivity contribution >= 4 is 11.7 Å². The number of fused-ring (bicyclic) bond motifs is 5. The van der Waals surface area contributed by atoms with Crippen molar-refractivity contribution in [2.24, 2.45) is 0 Å². The number of hydrogen-bond donors (Lipinski definition) is 0. The van der Waals surface area contributed by atoms with Crippen LogP contribution in [0.4, 0.5) is 9.18 Å². The molecule has 1 amide bonds. The average Bonchev–Trinajstić information content (AvgIpc) is 3.30. The zero-order chi connectivity index (χ0) is 22.5. The highest BCUT2D eigenvalue weighted by Crippen LogP contribution is 2.45. The molecule has 0 saturated carbocycles. The van der Waals surface area contributed by atoms with E-state index in [9.17, 15) is 9.18 Å². The fraction of sp³-hybridized carbons (Fsp3) is 0.276. The summed E-state index contributed by atoms with van der Waals surface area (Å²) in [4.78, 5) is 15.1. The second kappa shape index (κ2) is 7.87. The van der Waals surface area contributed by atoms with Crippen LogP contribution in [-0.4, -0.2) is 29.7 Å². The number of carbonyl (C=O) groups excluding carboxylic acids is 1. The van der Waals surface area contributed by atoms with Crippen molar-refractivity contribution in [3.8, 4) is 11.1 Å². The highest BCUT2D eigenvalue weighted by Gasteiger charge is 2.41. The van der Waals surface area contributed by atoms with Crippen LogP contribution in [0.1, 0.15) is 47.4 Å². The first-order valence-corrected chi connectivity index (χ1v) is 11.7. The van der Waals surface area contributed by atoms with Crippen LogP contribution in [0, 0.1) is 12.7 Å². The van der Waals surface area contributed by atoms with Crippen LogP contribution in [0.25, 0.3) is 16.7 Å². The predicted molar refractivity (Wildman–Crippen MR) is 127 cm³/mol. The molecule has 0 aromatic heterocycles. The van der Waals surface area contributed by atoms with Gasteiger partial charge in [0, 0.05) is 17.5 Å². The molecule has 3 aromatic rings. The normalized spacial score (nSPS) is 20.9. The molecule has 2 atom stereocenters. The topological polar surface area (TPSA) is 29.5 Å². The maximum absolute atomic E-state index is 14.5. The summed E-state index contributed by atoms with van der Waals surface area (Å²) in [6.07, 6.45) is 4.29. The Balaban J connectivity index is 1.21. The minimum Gasteiger partial charge on any atom is -0.448 e. The number of aryl methyl sites for hydroxylation is 1. The van der Waals surface area contributed by atoms with E-state index in [1.54, 1.807) is 6.07 Å². The number of nitrogens with zero attached hydrogens (tertiary/aromatic N) is 1. The van der Waals surface area contributed by atoms with E-state index < -0.39 is 0 Å². The molecule has 0 N–H and O–H groups in total. The van der Waals surface area contributed by atoms with Gasteiger partial charge in [0.05, 0.1) is 6.04 Å². The second-order valence-electron chi connectivity index (χ2n) is 9.39. The highest BCUT2D eigenvalue weighted by atomic mass is 19.1. The first-order chi connectivity index (χ1) is 16.1. The van der Waals surface area contributed by atoms with E-state index in [0.29, 0.717) is 18.6 Å². The van der Waals surface area contributed by atoms with Gasteiger partial charge in [0.1, 0.15) is 12.4 Å². The van der Waals surface area contributed by atoms with Crippen molar-refractivity contribution in [2.45, 2.75) is 44.2 Å². The zero-order valence-corrected chi connectivity index (χ0v) is 18.6. The largest absolute Gasteiger partial charge is 0.448 e. The van der Waals surface area contributed by atoms with Crippen LogP contribution in [0.15, 0.2) is 72.8 Å². The summed E-state index contributed by atoms with van der Waals surface area (Å²) < 4.78 is 20.4. The highest BCUT2D eigenvalue weighted by molar-refractivity contribution is 5.79. The van der Waals surface area contributed by atoms with Crippen molar-refractivity contribution in [1.29, 1.82) is 0 Å². The van der Waals surface area contributed by atoms with Crippen molar-refractivity contribution in [1.82, 2.24) is 4.90 Å². The van der Waals surface area contributed by atoms with Crippen LogP contribution in [0.2, 0.25) is 0 Å². The lowest BCUT2D eigenvalue weighted by atomic mass is 9.93. The van der Waals surface area contributed by atoms with Crippen LogP contribution >= 0.6 is 0 Å². The molecular weight excluding hydrogens is 413 g/mol. The minimum atomic E-state index is -0.260. The first kappa shape index (κ1) is 20.2. The van der Waals surface area contributed by atoms with Crippen molar-refractivity contribution in [3.63, 3.8) is 0 Å². The molecule has 3 nitrogen and oxygen atoms in total. The predicted octanol–water partition coefficient (Wildman–Crippen LogP) is 6.70. The number of halogens is 1. The summed E-state index contributed by atoms with van der Waals surface area (Å²) in [5.74, 6) is -0.142. The van der Waals surface area contributed by atoms with Gasteiger partial charge >= 0.3 is 6.09 Å². The second-order valence-corrected chi connectivity index (χ2v) is 9.39. The number of rotatable bonds is 3.